The van der Waals surface area contributed by atoms with Gasteiger partial charge in [-0.05, 0) is 35.0 Å². The summed E-state index contributed by atoms with van der Waals surface area (Å²) in [6.07, 6.45) is 6.44. The van der Waals surface area contributed by atoms with Gasteiger partial charge in [0.2, 0.25) is 0 Å². The predicted molar refractivity (Wildman–Crippen MR) is 46.0 cm³/mol. The fraction of sp³-hybridized carbons (Fsp3) is 0.250. The maximum atomic E-state index is 3.49. The zero-order chi connectivity index (χ0) is 6.97. The number of hydrogen-bond acceptors (Lipinski definition) is 0. The summed E-state index contributed by atoms with van der Waals surface area (Å²) in [5.74, 6) is 0. The van der Waals surface area contributed by atoms with Gasteiger partial charge in [0.05, 0.1) is 0 Å². The van der Waals surface area contributed by atoms with E-state index in [0.29, 0.717) is 0 Å². The summed E-state index contributed by atoms with van der Waals surface area (Å²) in [7, 11) is 0. The third kappa shape index (κ3) is 0.926. The molecule has 0 saturated carbocycles. The maximum absolute atomic E-state index is 3.49. The van der Waals surface area contributed by atoms with Gasteiger partial charge in [-0.1, -0.05) is 15.9 Å². The first-order chi connectivity index (χ1) is 4.86. The van der Waals surface area contributed by atoms with Crippen LogP contribution in [0.15, 0.2) is 16.7 Å². The highest BCUT2D eigenvalue weighted by atomic mass is 79.9. The molecule has 52 valence electrons. The smallest absolute Gasteiger partial charge is 0.0224 e. The highest BCUT2D eigenvalue weighted by Gasteiger charge is 2.07. The molecule has 0 fully saturated rings. The average molecular weight is 198 g/mol. The van der Waals surface area contributed by atoms with Crippen LogP contribution in [0.2, 0.25) is 0 Å². The number of aromatic nitrogens is 1. The molecular formula is C8H8BrN. The van der Waals surface area contributed by atoms with E-state index in [1.807, 2.05) is 6.20 Å². The monoisotopic (exact) mass is 197 g/mol. The third-order valence-corrected chi connectivity index (χ3v) is 2.42. The van der Waals surface area contributed by atoms with Gasteiger partial charge in [0.25, 0.3) is 0 Å². The first-order valence-electron chi connectivity index (χ1n) is 3.38. The van der Waals surface area contributed by atoms with Crippen LogP contribution in [0.4, 0.5) is 0 Å². The molecule has 2 heteroatoms. The fourth-order valence-electron chi connectivity index (χ4n) is 1.25. The Bertz CT molecular complexity index is 273. The zero-order valence-electron chi connectivity index (χ0n) is 5.52. The second kappa shape index (κ2) is 2.27. The molecule has 0 bridgehead atoms. The number of aromatic amines is 1. The molecule has 0 radical (unpaired) electrons. The van der Waals surface area contributed by atoms with Gasteiger partial charge in [-0.25, -0.2) is 0 Å². The molecule has 0 atom stereocenters. The number of nitrogens with one attached hydrogen (secondary N) is 1. The van der Waals surface area contributed by atoms with Crippen LogP contribution in [0.3, 0.4) is 0 Å². The van der Waals surface area contributed by atoms with Gasteiger partial charge in [0, 0.05) is 11.9 Å². The van der Waals surface area contributed by atoms with Gasteiger partial charge in [0.1, 0.15) is 0 Å². The molecule has 0 amide bonds. The first kappa shape index (κ1) is 6.23. The molecule has 0 unspecified atom stereocenters. The SMILES string of the molecule is BrC1=Cc2cc[nH]c2CC1. The lowest BCUT2D eigenvalue weighted by Crippen LogP contribution is -1.93. The Kier molecular flexibility index (Phi) is 1.42. The quantitative estimate of drug-likeness (QED) is 0.659. The van der Waals surface area contributed by atoms with E-state index in [1.54, 1.807) is 0 Å². The van der Waals surface area contributed by atoms with Crippen LogP contribution in [0.1, 0.15) is 17.7 Å². The Hall–Kier alpha value is -0.500. The molecule has 0 spiro atoms. The molecule has 1 nitrogen and oxygen atoms in total. The Labute approximate surface area is 68.3 Å². The van der Waals surface area contributed by atoms with Crippen molar-refractivity contribution < 1.29 is 0 Å². The number of rotatable bonds is 0. The van der Waals surface area contributed by atoms with Crippen molar-refractivity contribution in [1.29, 1.82) is 0 Å². The normalized spacial score (nSPS) is 16.3. The number of halogens is 1. The summed E-state index contributed by atoms with van der Waals surface area (Å²) in [5, 5.41) is 0. The van der Waals surface area contributed by atoms with Crippen LogP contribution in [-0.4, -0.2) is 4.98 Å². The van der Waals surface area contributed by atoms with E-state index in [0.717, 1.165) is 12.8 Å². The van der Waals surface area contributed by atoms with Gasteiger partial charge in [-0.15, -0.1) is 0 Å². The average Bonchev–Trinajstić information content (AvgIpc) is 2.33. The minimum atomic E-state index is 1.13. The molecule has 1 aliphatic rings. The van der Waals surface area contributed by atoms with Crippen molar-refractivity contribution in [3.8, 4) is 0 Å². The second-order valence-corrected chi connectivity index (χ2v) is 3.52. The molecule has 1 aromatic heterocycles. The highest BCUT2D eigenvalue weighted by molar-refractivity contribution is 9.11. The first-order valence-corrected chi connectivity index (χ1v) is 4.18. The van der Waals surface area contributed by atoms with Gasteiger partial charge >= 0.3 is 0 Å². The topological polar surface area (TPSA) is 15.8 Å². The zero-order valence-corrected chi connectivity index (χ0v) is 7.11. The molecule has 0 saturated heterocycles. The summed E-state index contributed by atoms with van der Waals surface area (Å²) < 4.78 is 1.31. The van der Waals surface area contributed by atoms with Gasteiger partial charge < -0.3 is 4.98 Å². The third-order valence-electron chi connectivity index (χ3n) is 1.79. The van der Waals surface area contributed by atoms with Crippen LogP contribution in [0, 0.1) is 0 Å². The van der Waals surface area contributed by atoms with Crippen LogP contribution in [0.5, 0.6) is 0 Å². The highest BCUT2D eigenvalue weighted by Crippen LogP contribution is 2.25. The Morgan fingerprint density at radius 1 is 1.40 bits per heavy atom. The molecule has 1 heterocycles. The van der Waals surface area contributed by atoms with Gasteiger partial charge in [-0.3, -0.25) is 0 Å². The largest absolute Gasteiger partial charge is 0.364 e. The number of H-pyrrole nitrogens is 1. The fourth-order valence-corrected chi connectivity index (χ4v) is 1.70. The summed E-state index contributed by atoms with van der Waals surface area (Å²) in [5.41, 5.74) is 2.70. The molecular weight excluding hydrogens is 190 g/mol. The van der Waals surface area contributed by atoms with E-state index in [2.05, 4.69) is 33.1 Å². The van der Waals surface area contributed by atoms with Crippen molar-refractivity contribution >= 4 is 22.0 Å². The Morgan fingerprint density at radius 2 is 2.30 bits per heavy atom. The van der Waals surface area contributed by atoms with Crippen LogP contribution < -0.4 is 0 Å². The van der Waals surface area contributed by atoms with Crippen molar-refractivity contribution in [2.75, 3.05) is 0 Å². The van der Waals surface area contributed by atoms with Crippen LogP contribution >= 0.6 is 15.9 Å². The maximum Gasteiger partial charge on any atom is 0.0224 e. The molecule has 0 aliphatic heterocycles. The molecule has 1 N–H and O–H groups in total. The van der Waals surface area contributed by atoms with Crippen molar-refractivity contribution in [2.24, 2.45) is 0 Å². The van der Waals surface area contributed by atoms with Crippen molar-refractivity contribution in [2.45, 2.75) is 12.8 Å². The standard InChI is InChI=1S/C8H8BrN/c9-7-1-2-8-6(5-7)3-4-10-8/h3-5,10H,1-2H2. The summed E-state index contributed by atoms with van der Waals surface area (Å²) in [6, 6.07) is 2.11. The number of hydrogen-bond donors (Lipinski definition) is 1. The lowest BCUT2D eigenvalue weighted by Gasteiger charge is -2.06. The minimum absolute atomic E-state index is 1.13. The van der Waals surface area contributed by atoms with E-state index >= 15 is 0 Å². The minimum Gasteiger partial charge on any atom is -0.364 e. The van der Waals surface area contributed by atoms with Crippen molar-refractivity contribution in [1.82, 2.24) is 4.98 Å². The van der Waals surface area contributed by atoms with Crippen LogP contribution in [-0.2, 0) is 6.42 Å². The second-order valence-electron chi connectivity index (χ2n) is 2.50. The number of fused-ring (bicyclic) bond motifs is 1. The Morgan fingerprint density at radius 3 is 3.20 bits per heavy atom. The van der Waals surface area contributed by atoms with E-state index in [-0.39, 0.29) is 0 Å². The summed E-state index contributed by atoms with van der Waals surface area (Å²) in [4.78, 5) is 3.21. The van der Waals surface area contributed by atoms with E-state index in [4.69, 9.17) is 0 Å². The van der Waals surface area contributed by atoms with Gasteiger partial charge in [-0.2, -0.15) is 0 Å². The van der Waals surface area contributed by atoms with Gasteiger partial charge in [0.15, 0.2) is 0 Å². The summed E-state index contributed by atoms with van der Waals surface area (Å²) in [6.45, 7) is 0. The summed E-state index contributed by atoms with van der Waals surface area (Å²) >= 11 is 3.49. The van der Waals surface area contributed by atoms with Crippen molar-refractivity contribution in [3.63, 3.8) is 0 Å². The van der Waals surface area contributed by atoms with E-state index < -0.39 is 0 Å². The van der Waals surface area contributed by atoms with E-state index in [1.165, 1.54) is 15.7 Å². The predicted octanol–water partition coefficient (Wildman–Crippen LogP) is 2.70. The molecule has 1 aromatic rings. The lowest BCUT2D eigenvalue weighted by molar-refractivity contribution is 0.938. The molecule has 1 aliphatic carbocycles. The Balaban J connectivity index is 2.50. The number of allylic oxidation sites excluding steroid dienone is 1. The lowest BCUT2D eigenvalue weighted by atomic mass is 10.1. The molecule has 10 heavy (non-hydrogen) atoms. The van der Waals surface area contributed by atoms with Crippen molar-refractivity contribution in [3.05, 3.63) is 28.0 Å². The van der Waals surface area contributed by atoms with E-state index in [9.17, 15) is 0 Å². The van der Waals surface area contributed by atoms with Crippen LogP contribution in [0.25, 0.3) is 6.08 Å². The number of aryl methyl sites for hydroxylation is 1. The molecule has 0 aromatic carbocycles. The molecule has 2 rings (SSSR count).